The molecule has 138 valence electrons. The Kier molecular flexibility index (Phi) is 7.17. The fourth-order valence-corrected chi connectivity index (χ4v) is 2.55. The monoisotopic (exact) mass is 355 g/mol. The van der Waals surface area contributed by atoms with Gasteiger partial charge in [0.2, 0.25) is 5.91 Å². The van der Waals surface area contributed by atoms with E-state index >= 15 is 0 Å². The van der Waals surface area contributed by atoms with Crippen LogP contribution in [0.2, 0.25) is 0 Å². The van der Waals surface area contributed by atoms with Crippen LogP contribution in [0.15, 0.2) is 48.5 Å². The SMILES string of the molecule is CCOc1ccc(CN(C)CC(=O)Nc2cccc(C(=O)NC)c2)cc1. The van der Waals surface area contributed by atoms with E-state index in [0.717, 1.165) is 11.3 Å². The summed E-state index contributed by atoms with van der Waals surface area (Å²) in [6.45, 7) is 3.49. The standard InChI is InChI=1S/C20H25N3O3/c1-4-26-18-10-8-15(9-11-18)13-23(3)14-19(24)22-17-7-5-6-16(12-17)20(25)21-2/h5-12H,4,13-14H2,1-3H3,(H,21,25)(H,22,24). The third kappa shape index (κ3) is 5.89. The number of ether oxygens (including phenoxy) is 1. The van der Waals surface area contributed by atoms with Crippen molar-refractivity contribution in [2.24, 2.45) is 0 Å². The van der Waals surface area contributed by atoms with Crippen molar-refractivity contribution in [3.63, 3.8) is 0 Å². The smallest absolute Gasteiger partial charge is 0.251 e. The lowest BCUT2D eigenvalue weighted by Gasteiger charge is -2.17. The minimum atomic E-state index is -0.186. The van der Waals surface area contributed by atoms with Crippen molar-refractivity contribution >= 4 is 17.5 Å². The first-order valence-corrected chi connectivity index (χ1v) is 8.54. The van der Waals surface area contributed by atoms with Gasteiger partial charge in [-0.1, -0.05) is 18.2 Å². The first kappa shape index (κ1) is 19.5. The lowest BCUT2D eigenvalue weighted by molar-refractivity contribution is -0.117. The first-order chi connectivity index (χ1) is 12.5. The predicted molar refractivity (Wildman–Crippen MR) is 102 cm³/mol. The number of anilines is 1. The van der Waals surface area contributed by atoms with Crippen molar-refractivity contribution < 1.29 is 14.3 Å². The Morgan fingerprint density at radius 3 is 2.50 bits per heavy atom. The van der Waals surface area contributed by atoms with Crippen LogP contribution in [-0.4, -0.2) is 44.0 Å². The fourth-order valence-electron chi connectivity index (χ4n) is 2.55. The Morgan fingerprint density at radius 1 is 1.12 bits per heavy atom. The zero-order chi connectivity index (χ0) is 18.9. The summed E-state index contributed by atoms with van der Waals surface area (Å²) in [5.74, 6) is 0.522. The number of benzene rings is 2. The van der Waals surface area contributed by atoms with Crippen LogP contribution >= 0.6 is 0 Å². The molecule has 0 heterocycles. The van der Waals surface area contributed by atoms with E-state index in [0.29, 0.717) is 24.4 Å². The summed E-state index contributed by atoms with van der Waals surface area (Å²) < 4.78 is 5.43. The Hall–Kier alpha value is -2.86. The average Bonchev–Trinajstić information content (AvgIpc) is 2.63. The summed E-state index contributed by atoms with van der Waals surface area (Å²) in [4.78, 5) is 25.8. The topological polar surface area (TPSA) is 70.7 Å². The largest absolute Gasteiger partial charge is 0.494 e. The molecule has 2 rings (SSSR count). The maximum absolute atomic E-state index is 12.2. The Bertz CT molecular complexity index is 744. The van der Waals surface area contributed by atoms with E-state index in [1.807, 2.05) is 43.1 Å². The summed E-state index contributed by atoms with van der Waals surface area (Å²) in [5.41, 5.74) is 2.21. The second-order valence-corrected chi connectivity index (χ2v) is 5.96. The van der Waals surface area contributed by atoms with Gasteiger partial charge in [0.25, 0.3) is 5.91 Å². The van der Waals surface area contributed by atoms with Crippen LogP contribution in [0.3, 0.4) is 0 Å². The van der Waals surface area contributed by atoms with Gasteiger partial charge in [-0.2, -0.15) is 0 Å². The number of rotatable bonds is 8. The highest BCUT2D eigenvalue weighted by Gasteiger charge is 2.09. The molecule has 2 amide bonds. The quantitative estimate of drug-likeness (QED) is 0.763. The summed E-state index contributed by atoms with van der Waals surface area (Å²) in [5, 5.41) is 5.39. The van der Waals surface area contributed by atoms with Crippen LogP contribution < -0.4 is 15.4 Å². The van der Waals surface area contributed by atoms with E-state index in [-0.39, 0.29) is 18.4 Å². The molecule has 0 spiro atoms. The molecule has 0 aliphatic carbocycles. The van der Waals surface area contributed by atoms with Crippen LogP contribution in [0.5, 0.6) is 5.75 Å². The van der Waals surface area contributed by atoms with Crippen molar-refractivity contribution in [2.45, 2.75) is 13.5 Å². The highest BCUT2D eigenvalue weighted by molar-refractivity contribution is 5.97. The lowest BCUT2D eigenvalue weighted by Crippen LogP contribution is -2.30. The van der Waals surface area contributed by atoms with Crippen LogP contribution in [0.4, 0.5) is 5.69 Å². The van der Waals surface area contributed by atoms with Gasteiger partial charge in [0.1, 0.15) is 5.75 Å². The summed E-state index contributed by atoms with van der Waals surface area (Å²) in [6.07, 6.45) is 0. The van der Waals surface area contributed by atoms with Gasteiger partial charge in [0, 0.05) is 24.8 Å². The predicted octanol–water partition coefficient (Wildman–Crippen LogP) is 2.52. The Morgan fingerprint density at radius 2 is 1.85 bits per heavy atom. The Balaban J connectivity index is 1.87. The average molecular weight is 355 g/mol. The number of nitrogens with zero attached hydrogens (tertiary/aromatic N) is 1. The number of carbonyl (C=O) groups excluding carboxylic acids is 2. The van der Waals surface area contributed by atoms with E-state index in [1.165, 1.54) is 0 Å². The molecule has 26 heavy (non-hydrogen) atoms. The van der Waals surface area contributed by atoms with E-state index in [1.54, 1.807) is 31.3 Å². The minimum Gasteiger partial charge on any atom is -0.494 e. The van der Waals surface area contributed by atoms with Crippen molar-refractivity contribution in [1.82, 2.24) is 10.2 Å². The number of nitrogens with one attached hydrogen (secondary N) is 2. The second-order valence-electron chi connectivity index (χ2n) is 5.96. The lowest BCUT2D eigenvalue weighted by atomic mass is 10.2. The maximum atomic E-state index is 12.2. The molecule has 0 unspecified atom stereocenters. The minimum absolute atomic E-state index is 0.132. The van der Waals surface area contributed by atoms with E-state index < -0.39 is 0 Å². The van der Waals surface area contributed by atoms with Crippen molar-refractivity contribution in [1.29, 1.82) is 0 Å². The van der Waals surface area contributed by atoms with Gasteiger partial charge in [-0.3, -0.25) is 14.5 Å². The van der Waals surface area contributed by atoms with Gasteiger partial charge in [0.15, 0.2) is 0 Å². The normalized spacial score (nSPS) is 10.5. The van der Waals surface area contributed by atoms with Gasteiger partial charge in [-0.25, -0.2) is 0 Å². The van der Waals surface area contributed by atoms with E-state index in [4.69, 9.17) is 4.74 Å². The van der Waals surface area contributed by atoms with Crippen LogP contribution in [-0.2, 0) is 11.3 Å². The molecule has 0 aliphatic rings. The van der Waals surface area contributed by atoms with E-state index in [2.05, 4.69) is 10.6 Å². The van der Waals surface area contributed by atoms with E-state index in [9.17, 15) is 9.59 Å². The third-order valence-corrected chi connectivity index (χ3v) is 3.74. The molecule has 0 bridgehead atoms. The van der Waals surface area contributed by atoms with Crippen molar-refractivity contribution in [3.8, 4) is 5.75 Å². The molecular formula is C20H25N3O3. The summed E-state index contributed by atoms with van der Waals surface area (Å²) >= 11 is 0. The van der Waals surface area contributed by atoms with Gasteiger partial charge in [-0.05, 0) is 49.9 Å². The molecular weight excluding hydrogens is 330 g/mol. The van der Waals surface area contributed by atoms with Crippen LogP contribution in [0.25, 0.3) is 0 Å². The molecule has 0 saturated heterocycles. The summed E-state index contributed by atoms with van der Waals surface area (Å²) in [6, 6.07) is 14.7. The summed E-state index contributed by atoms with van der Waals surface area (Å²) in [7, 11) is 3.46. The molecule has 0 atom stereocenters. The van der Waals surface area contributed by atoms with Crippen molar-refractivity contribution in [2.75, 3.05) is 32.6 Å². The van der Waals surface area contributed by atoms with Gasteiger partial charge in [0.05, 0.1) is 13.2 Å². The molecule has 0 radical (unpaired) electrons. The molecule has 0 fully saturated rings. The molecule has 2 N–H and O–H groups in total. The maximum Gasteiger partial charge on any atom is 0.251 e. The fraction of sp³-hybridized carbons (Fsp3) is 0.300. The van der Waals surface area contributed by atoms with Gasteiger partial charge in [-0.15, -0.1) is 0 Å². The number of hydrogen-bond donors (Lipinski definition) is 2. The zero-order valence-corrected chi connectivity index (χ0v) is 15.4. The molecule has 2 aromatic carbocycles. The number of amides is 2. The molecule has 6 nitrogen and oxygen atoms in total. The van der Waals surface area contributed by atoms with Crippen LogP contribution in [0, 0.1) is 0 Å². The molecule has 2 aromatic rings. The van der Waals surface area contributed by atoms with Crippen LogP contribution in [0.1, 0.15) is 22.8 Å². The molecule has 6 heteroatoms. The second kappa shape index (κ2) is 9.58. The zero-order valence-electron chi connectivity index (χ0n) is 15.4. The highest BCUT2D eigenvalue weighted by atomic mass is 16.5. The van der Waals surface area contributed by atoms with Gasteiger partial charge < -0.3 is 15.4 Å². The first-order valence-electron chi connectivity index (χ1n) is 8.54. The molecule has 0 saturated carbocycles. The van der Waals surface area contributed by atoms with Crippen molar-refractivity contribution in [3.05, 3.63) is 59.7 Å². The molecule has 0 aliphatic heterocycles. The number of hydrogen-bond acceptors (Lipinski definition) is 4. The highest BCUT2D eigenvalue weighted by Crippen LogP contribution is 2.14. The number of likely N-dealkylation sites (N-methyl/N-ethyl adjacent to an activating group) is 1. The Labute approximate surface area is 154 Å². The third-order valence-electron chi connectivity index (χ3n) is 3.74. The molecule has 0 aromatic heterocycles. The number of carbonyl (C=O) groups is 2. The van der Waals surface area contributed by atoms with Gasteiger partial charge >= 0.3 is 0 Å².